The van der Waals surface area contributed by atoms with Gasteiger partial charge < -0.3 is 14.6 Å². The first-order valence-electron chi connectivity index (χ1n) is 8.12. The molecule has 128 valence electrons. The Labute approximate surface area is 141 Å². The minimum atomic E-state index is -0.200. The normalized spacial score (nSPS) is 15.6. The molecular weight excluding hydrogens is 306 g/mol. The van der Waals surface area contributed by atoms with Gasteiger partial charge in [-0.15, -0.1) is 10.2 Å². The zero-order valence-electron chi connectivity index (χ0n) is 14.3. The lowest BCUT2D eigenvalue weighted by Crippen LogP contribution is -2.48. The van der Waals surface area contributed by atoms with Gasteiger partial charge in [-0.1, -0.05) is 12.1 Å². The number of amides is 1. The van der Waals surface area contributed by atoms with Crippen molar-refractivity contribution in [2.24, 2.45) is 0 Å². The van der Waals surface area contributed by atoms with Crippen LogP contribution in [0.2, 0.25) is 0 Å². The maximum Gasteiger partial charge on any atom is 0.237 e. The summed E-state index contributed by atoms with van der Waals surface area (Å²) < 4.78 is 7.25. The molecule has 3 rings (SSSR count). The molecule has 1 unspecified atom stereocenters. The van der Waals surface area contributed by atoms with Gasteiger partial charge in [-0.3, -0.25) is 9.69 Å². The molecule has 1 aliphatic rings. The molecule has 0 fully saturated rings. The maximum absolute atomic E-state index is 12.4. The van der Waals surface area contributed by atoms with E-state index >= 15 is 0 Å². The number of rotatable bonds is 5. The van der Waals surface area contributed by atoms with E-state index in [4.69, 9.17) is 4.74 Å². The van der Waals surface area contributed by atoms with E-state index in [0.717, 1.165) is 36.1 Å². The second-order valence-corrected chi connectivity index (χ2v) is 6.03. The Hall–Kier alpha value is -2.41. The van der Waals surface area contributed by atoms with Crippen LogP contribution in [0.4, 0.5) is 0 Å². The summed E-state index contributed by atoms with van der Waals surface area (Å²) in [6.45, 7) is 6.70. The summed E-state index contributed by atoms with van der Waals surface area (Å²) in [4.78, 5) is 14.6. The average Bonchev–Trinajstić information content (AvgIpc) is 3.00. The van der Waals surface area contributed by atoms with Crippen molar-refractivity contribution in [3.05, 3.63) is 41.5 Å². The Morgan fingerprint density at radius 2 is 2.04 bits per heavy atom. The minimum Gasteiger partial charge on any atom is -0.497 e. The summed E-state index contributed by atoms with van der Waals surface area (Å²) in [5, 5.41) is 11.3. The molecule has 0 spiro atoms. The quantitative estimate of drug-likeness (QED) is 0.890. The van der Waals surface area contributed by atoms with Crippen LogP contribution in [0, 0.1) is 6.92 Å². The third kappa shape index (κ3) is 3.41. The molecule has 7 heteroatoms. The molecule has 0 saturated heterocycles. The number of methoxy groups -OCH3 is 1. The fourth-order valence-electron chi connectivity index (χ4n) is 2.90. The van der Waals surface area contributed by atoms with Crippen molar-refractivity contribution in [1.29, 1.82) is 0 Å². The summed E-state index contributed by atoms with van der Waals surface area (Å²) in [5.74, 6) is 2.69. The smallest absolute Gasteiger partial charge is 0.237 e. The van der Waals surface area contributed by atoms with Crippen molar-refractivity contribution < 1.29 is 9.53 Å². The second kappa shape index (κ2) is 7.00. The van der Waals surface area contributed by atoms with Crippen molar-refractivity contribution in [3.8, 4) is 5.75 Å². The van der Waals surface area contributed by atoms with Crippen LogP contribution in [0.25, 0.3) is 0 Å². The number of benzene rings is 1. The highest BCUT2D eigenvalue weighted by molar-refractivity contribution is 5.81. The summed E-state index contributed by atoms with van der Waals surface area (Å²) in [6.07, 6.45) is 0. The molecule has 0 bridgehead atoms. The van der Waals surface area contributed by atoms with E-state index in [1.807, 2.05) is 38.1 Å². The summed E-state index contributed by atoms with van der Waals surface area (Å²) >= 11 is 0. The molecule has 1 aromatic carbocycles. The van der Waals surface area contributed by atoms with Crippen LogP contribution < -0.4 is 10.1 Å². The Balaban J connectivity index is 1.55. The van der Waals surface area contributed by atoms with Crippen LogP contribution in [-0.2, 0) is 24.4 Å². The highest BCUT2D eigenvalue weighted by Gasteiger charge is 2.27. The zero-order valence-corrected chi connectivity index (χ0v) is 14.3. The SMILES string of the molecule is COc1ccc(CNC(=O)C(C)N2CCn3c(C)nnc3C2)cc1. The van der Waals surface area contributed by atoms with Gasteiger partial charge in [0.1, 0.15) is 17.4 Å². The highest BCUT2D eigenvalue weighted by Crippen LogP contribution is 2.15. The van der Waals surface area contributed by atoms with Crippen LogP contribution in [-0.4, -0.2) is 45.3 Å². The van der Waals surface area contributed by atoms with Crippen LogP contribution in [0.1, 0.15) is 24.1 Å². The van der Waals surface area contributed by atoms with Gasteiger partial charge in [-0.2, -0.15) is 0 Å². The van der Waals surface area contributed by atoms with Crippen LogP contribution in [0.15, 0.2) is 24.3 Å². The van der Waals surface area contributed by atoms with Crippen LogP contribution in [0.3, 0.4) is 0 Å². The molecule has 0 radical (unpaired) electrons. The molecule has 0 saturated carbocycles. The molecule has 2 aromatic rings. The topological polar surface area (TPSA) is 72.3 Å². The lowest BCUT2D eigenvalue weighted by atomic mass is 10.2. The average molecular weight is 329 g/mol. The number of aromatic nitrogens is 3. The van der Waals surface area contributed by atoms with Gasteiger partial charge in [0.25, 0.3) is 0 Å². The molecule has 1 atom stereocenters. The van der Waals surface area contributed by atoms with E-state index in [-0.39, 0.29) is 11.9 Å². The van der Waals surface area contributed by atoms with Crippen molar-refractivity contribution in [1.82, 2.24) is 25.0 Å². The molecule has 1 aliphatic heterocycles. The Morgan fingerprint density at radius 3 is 2.75 bits per heavy atom. The number of carbonyl (C=O) groups excluding carboxylic acids is 1. The second-order valence-electron chi connectivity index (χ2n) is 6.03. The van der Waals surface area contributed by atoms with Crippen molar-refractivity contribution in [2.75, 3.05) is 13.7 Å². The van der Waals surface area contributed by atoms with E-state index in [9.17, 15) is 4.79 Å². The van der Waals surface area contributed by atoms with Crippen molar-refractivity contribution in [2.45, 2.75) is 39.5 Å². The van der Waals surface area contributed by atoms with Gasteiger partial charge in [0.2, 0.25) is 5.91 Å². The number of hydrogen-bond donors (Lipinski definition) is 1. The zero-order chi connectivity index (χ0) is 17.1. The first kappa shape index (κ1) is 16.4. The molecular formula is C17H23N5O2. The third-order valence-corrected chi connectivity index (χ3v) is 4.52. The first-order valence-corrected chi connectivity index (χ1v) is 8.12. The monoisotopic (exact) mass is 329 g/mol. The standard InChI is InChI=1S/C17H23N5O2/c1-12(21-8-9-22-13(2)19-20-16(22)11-21)17(23)18-10-14-4-6-15(24-3)7-5-14/h4-7,12H,8-11H2,1-3H3,(H,18,23). The predicted octanol–water partition coefficient (Wildman–Crippen LogP) is 1.12. The van der Waals surface area contributed by atoms with Gasteiger partial charge in [-0.25, -0.2) is 0 Å². The summed E-state index contributed by atoms with van der Waals surface area (Å²) in [5.41, 5.74) is 1.05. The largest absolute Gasteiger partial charge is 0.497 e. The van der Waals surface area contributed by atoms with E-state index in [0.29, 0.717) is 13.1 Å². The number of nitrogens with one attached hydrogen (secondary N) is 1. The Kier molecular flexibility index (Phi) is 4.80. The van der Waals surface area contributed by atoms with Gasteiger partial charge >= 0.3 is 0 Å². The van der Waals surface area contributed by atoms with Gasteiger partial charge in [0, 0.05) is 19.6 Å². The fourth-order valence-corrected chi connectivity index (χ4v) is 2.90. The minimum absolute atomic E-state index is 0.0236. The molecule has 7 nitrogen and oxygen atoms in total. The number of aryl methyl sites for hydroxylation is 1. The van der Waals surface area contributed by atoms with Crippen LogP contribution >= 0.6 is 0 Å². The van der Waals surface area contributed by atoms with E-state index in [1.165, 1.54) is 0 Å². The number of hydrogen-bond acceptors (Lipinski definition) is 5. The van der Waals surface area contributed by atoms with Gasteiger partial charge in [0.15, 0.2) is 0 Å². The maximum atomic E-state index is 12.4. The van der Waals surface area contributed by atoms with Crippen molar-refractivity contribution >= 4 is 5.91 Å². The van der Waals surface area contributed by atoms with Gasteiger partial charge in [-0.05, 0) is 31.5 Å². The number of carbonyl (C=O) groups is 1. The predicted molar refractivity (Wildman–Crippen MR) is 89.5 cm³/mol. The highest BCUT2D eigenvalue weighted by atomic mass is 16.5. The number of fused-ring (bicyclic) bond motifs is 1. The molecule has 24 heavy (non-hydrogen) atoms. The molecule has 1 N–H and O–H groups in total. The summed E-state index contributed by atoms with van der Waals surface area (Å²) in [7, 11) is 1.64. The molecule has 1 amide bonds. The summed E-state index contributed by atoms with van der Waals surface area (Å²) in [6, 6.07) is 7.50. The Morgan fingerprint density at radius 1 is 1.29 bits per heavy atom. The Bertz CT molecular complexity index is 710. The molecule has 2 heterocycles. The molecule has 0 aliphatic carbocycles. The lowest BCUT2D eigenvalue weighted by molar-refractivity contribution is -0.126. The van der Waals surface area contributed by atoms with Gasteiger partial charge in [0.05, 0.1) is 19.7 Å². The number of ether oxygens (including phenoxy) is 1. The lowest BCUT2D eigenvalue weighted by Gasteiger charge is -2.31. The fraction of sp³-hybridized carbons (Fsp3) is 0.471. The van der Waals surface area contributed by atoms with E-state index in [2.05, 4.69) is 25.0 Å². The first-order chi connectivity index (χ1) is 11.6. The van der Waals surface area contributed by atoms with Crippen LogP contribution in [0.5, 0.6) is 5.75 Å². The van der Waals surface area contributed by atoms with E-state index in [1.54, 1.807) is 7.11 Å². The van der Waals surface area contributed by atoms with Crippen molar-refractivity contribution in [3.63, 3.8) is 0 Å². The van der Waals surface area contributed by atoms with E-state index < -0.39 is 0 Å². The third-order valence-electron chi connectivity index (χ3n) is 4.52. The number of nitrogens with zero attached hydrogens (tertiary/aromatic N) is 4. The molecule has 1 aromatic heterocycles.